The quantitative estimate of drug-likeness (QED) is 0.482. The van der Waals surface area contributed by atoms with Crippen LogP contribution in [0.4, 0.5) is 0 Å². The van der Waals surface area contributed by atoms with Crippen molar-refractivity contribution in [2.24, 2.45) is 0 Å². The molecule has 4 rings (SSSR count). The lowest BCUT2D eigenvalue weighted by Crippen LogP contribution is -2.11. The Hall–Kier alpha value is -3.47. The van der Waals surface area contributed by atoms with E-state index in [0.717, 1.165) is 28.2 Å². The van der Waals surface area contributed by atoms with Crippen LogP contribution in [0.15, 0.2) is 71.1 Å². The highest BCUT2D eigenvalue weighted by Gasteiger charge is 2.20. The lowest BCUT2D eigenvalue weighted by molar-refractivity contribution is 0.0589. The predicted octanol–water partition coefficient (Wildman–Crippen LogP) is 4.74. The minimum absolute atomic E-state index is 0.386. The first-order chi connectivity index (χ1) is 13.2. The van der Waals surface area contributed by atoms with Crippen LogP contribution in [0.5, 0.6) is 5.75 Å². The van der Waals surface area contributed by atoms with Crippen molar-refractivity contribution < 1.29 is 18.7 Å². The van der Waals surface area contributed by atoms with Crippen molar-refractivity contribution in [3.05, 3.63) is 78.0 Å². The van der Waals surface area contributed by atoms with Crippen LogP contribution >= 0.6 is 0 Å². The fraction of sp³-hybridized carbons (Fsp3) is 0.136. The lowest BCUT2D eigenvalue weighted by Gasteiger charge is -2.08. The van der Waals surface area contributed by atoms with Gasteiger partial charge in [0.1, 0.15) is 17.2 Å². The van der Waals surface area contributed by atoms with Crippen LogP contribution in [0.2, 0.25) is 0 Å². The summed E-state index contributed by atoms with van der Waals surface area (Å²) in [6, 6.07) is 21.3. The standard InChI is InChI=1S/C22H19NO4/c1-25-17-10-8-16(9-11-17)20-12-18-21(27-20)13-19(22(24)26-2)23(18)14-15-6-4-3-5-7-15/h3-13H,14H2,1-2H3. The molecule has 2 aromatic carbocycles. The van der Waals surface area contributed by atoms with Gasteiger partial charge in [0, 0.05) is 24.2 Å². The first-order valence-electron chi connectivity index (χ1n) is 8.59. The van der Waals surface area contributed by atoms with Crippen molar-refractivity contribution in [2.45, 2.75) is 6.54 Å². The first kappa shape index (κ1) is 17.0. The molecule has 0 aliphatic rings. The topological polar surface area (TPSA) is 53.6 Å². The van der Waals surface area contributed by atoms with E-state index in [9.17, 15) is 4.79 Å². The summed E-state index contributed by atoms with van der Waals surface area (Å²) < 4.78 is 18.1. The number of carbonyl (C=O) groups excluding carboxylic acids is 1. The van der Waals surface area contributed by atoms with Crippen LogP contribution in [-0.4, -0.2) is 24.8 Å². The Labute approximate surface area is 156 Å². The van der Waals surface area contributed by atoms with Gasteiger partial charge in [-0.2, -0.15) is 0 Å². The average molecular weight is 361 g/mol. The number of carbonyl (C=O) groups is 1. The van der Waals surface area contributed by atoms with E-state index in [-0.39, 0.29) is 5.97 Å². The Morgan fingerprint density at radius 3 is 2.41 bits per heavy atom. The zero-order valence-corrected chi connectivity index (χ0v) is 15.1. The highest BCUT2D eigenvalue weighted by Crippen LogP contribution is 2.32. The second-order valence-electron chi connectivity index (χ2n) is 6.18. The average Bonchev–Trinajstić information content (AvgIpc) is 3.27. The molecule has 5 heteroatoms. The third-order valence-electron chi connectivity index (χ3n) is 4.54. The highest BCUT2D eigenvalue weighted by molar-refractivity contribution is 5.95. The third-order valence-corrected chi connectivity index (χ3v) is 4.54. The number of furan rings is 1. The summed E-state index contributed by atoms with van der Waals surface area (Å²) in [4.78, 5) is 12.2. The molecule has 2 heterocycles. The molecule has 0 spiro atoms. The molecule has 136 valence electrons. The molecule has 4 aromatic rings. The van der Waals surface area contributed by atoms with Crippen LogP contribution in [0.3, 0.4) is 0 Å². The summed E-state index contributed by atoms with van der Waals surface area (Å²) in [6.45, 7) is 0.552. The molecule has 0 bridgehead atoms. The lowest BCUT2D eigenvalue weighted by atomic mass is 10.1. The third kappa shape index (κ3) is 3.19. The summed E-state index contributed by atoms with van der Waals surface area (Å²) in [5, 5.41) is 0. The molecule has 0 fully saturated rings. The maximum absolute atomic E-state index is 12.2. The van der Waals surface area contributed by atoms with Crippen molar-refractivity contribution in [1.29, 1.82) is 0 Å². The number of nitrogens with zero attached hydrogens (tertiary/aromatic N) is 1. The van der Waals surface area contributed by atoms with Gasteiger partial charge in [-0.3, -0.25) is 0 Å². The van der Waals surface area contributed by atoms with E-state index in [1.54, 1.807) is 13.2 Å². The zero-order chi connectivity index (χ0) is 18.8. The first-order valence-corrected chi connectivity index (χ1v) is 8.59. The summed E-state index contributed by atoms with van der Waals surface area (Å²) in [6.07, 6.45) is 0. The molecule has 0 aliphatic carbocycles. The Morgan fingerprint density at radius 2 is 1.74 bits per heavy atom. The maximum Gasteiger partial charge on any atom is 0.354 e. The molecular weight excluding hydrogens is 342 g/mol. The smallest absolute Gasteiger partial charge is 0.354 e. The molecule has 0 aliphatic heterocycles. The number of benzene rings is 2. The Bertz CT molecular complexity index is 1070. The second-order valence-corrected chi connectivity index (χ2v) is 6.18. The van der Waals surface area contributed by atoms with Crippen LogP contribution in [0.1, 0.15) is 16.1 Å². The molecule has 0 saturated carbocycles. The number of hydrogen-bond acceptors (Lipinski definition) is 4. The molecule has 0 N–H and O–H groups in total. The zero-order valence-electron chi connectivity index (χ0n) is 15.1. The van der Waals surface area contributed by atoms with Gasteiger partial charge in [0.05, 0.1) is 19.7 Å². The minimum Gasteiger partial charge on any atom is -0.497 e. The van der Waals surface area contributed by atoms with Gasteiger partial charge in [-0.25, -0.2) is 4.79 Å². The van der Waals surface area contributed by atoms with E-state index in [1.165, 1.54) is 7.11 Å². The number of methoxy groups -OCH3 is 2. The molecule has 5 nitrogen and oxygen atoms in total. The van der Waals surface area contributed by atoms with E-state index >= 15 is 0 Å². The molecule has 0 saturated heterocycles. The van der Waals surface area contributed by atoms with Gasteiger partial charge < -0.3 is 18.5 Å². The Morgan fingerprint density at radius 1 is 1.00 bits per heavy atom. The highest BCUT2D eigenvalue weighted by atomic mass is 16.5. The summed E-state index contributed by atoms with van der Waals surface area (Å²) in [5.74, 6) is 1.14. The maximum atomic E-state index is 12.2. The van der Waals surface area contributed by atoms with Gasteiger partial charge in [0.15, 0.2) is 5.58 Å². The number of aromatic nitrogens is 1. The SMILES string of the molecule is COC(=O)c1cc2oc(-c3ccc(OC)cc3)cc2n1Cc1ccccc1. The van der Waals surface area contributed by atoms with Gasteiger partial charge in [0.25, 0.3) is 0 Å². The van der Waals surface area contributed by atoms with E-state index in [1.807, 2.05) is 65.2 Å². The monoisotopic (exact) mass is 361 g/mol. The Balaban J connectivity index is 1.79. The number of ether oxygens (including phenoxy) is 2. The molecular formula is C22H19NO4. The van der Waals surface area contributed by atoms with Gasteiger partial charge in [-0.05, 0) is 29.8 Å². The predicted molar refractivity (Wildman–Crippen MR) is 103 cm³/mol. The fourth-order valence-electron chi connectivity index (χ4n) is 3.15. The summed E-state index contributed by atoms with van der Waals surface area (Å²) in [5.41, 5.74) is 4.00. The Kier molecular flexibility index (Phi) is 4.42. The molecule has 0 atom stereocenters. The number of fused-ring (bicyclic) bond motifs is 1. The normalized spacial score (nSPS) is 10.9. The number of hydrogen-bond donors (Lipinski definition) is 0. The largest absolute Gasteiger partial charge is 0.497 e. The van der Waals surface area contributed by atoms with Gasteiger partial charge >= 0.3 is 5.97 Å². The van der Waals surface area contributed by atoms with E-state index in [4.69, 9.17) is 13.9 Å². The van der Waals surface area contributed by atoms with Gasteiger partial charge in [-0.15, -0.1) is 0 Å². The van der Waals surface area contributed by atoms with Gasteiger partial charge in [-0.1, -0.05) is 30.3 Å². The summed E-state index contributed by atoms with van der Waals surface area (Å²) in [7, 11) is 3.02. The van der Waals surface area contributed by atoms with Gasteiger partial charge in [0.2, 0.25) is 0 Å². The molecule has 2 aromatic heterocycles. The van der Waals surface area contributed by atoms with Crippen LogP contribution in [0, 0.1) is 0 Å². The molecule has 0 unspecified atom stereocenters. The van der Waals surface area contributed by atoms with E-state index in [2.05, 4.69) is 0 Å². The van der Waals surface area contributed by atoms with Crippen molar-refractivity contribution in [1.82, 2.24) is 4.57 Å². The van der Waals surface area contributed by atoms with Crippen LogP contribution in [-0.2, 0) is 11.3 Å². The van der Waals surface area contributed by atoms with Crippen LogP contribution < -0.4 is 4.74 Å². The van der Waals surface area contributed by atoms with E-state index < -0.39 is 0 Å². The molecule has 0 amide bonds. The molecule has 0 radical (unpaired) electrons. The van der Waals surface area contributed by atoms with E-state index in [0.29, 0.717) is 17.8 Å². The second kappa shape index (κ2) is 7.03. The number of esters is 1. The van der Waals surface area contributed by atoms with Crippen molar-refractivity contribution >= 4 is 17.1 Å². The molecule has 27 heavy (non-hydrogen) atoms. The summed E-state index contributed by atoms with van der Waals surface area (Å²) >= 11 is 0. The van der Waals surface area contributed by atoms with Crippen molar-refractivity contribution in [2.75, 3.05) is 14.2 Å². The fourth-order valence-corrected chi connectivity index (χ4v) is 3.15. The minimum atomic E-state index is -0.386. The van der Waals surface area contributed by atoms with Crippen LogP contribution in [0.25, 0.3) is 22.4 Å². The van der Waals surface area contributed by atoms with Crippen molar-refractivity contribution in [3.63, 3.8) is 0 Å². The van der Waals surface area contributed by atoms with Crippen molar-refractivity contribution in [3.8, 4) is 17.1 Å². The number of rotatable bonds is 5.